The Balaban J connectivity index is 1.55. The predicted octanol–water partition coefficient (Wildman–Crippen LogP) is 1.81. The van der Waals surface area contributed by atoms with Crippen LogP contribution in [0.15, 0.2) is 37.1 Å². The van der Waals surface area contributed by atoms with Gasteiger partial charge in [0.1, 0.15) is 0 Å². The van der Waals surface area contributed by atoms with E-state index in [0.29, 0.717) is 25.2 Å². The molecule has 0 aliphatic carbocycles. The van der Waals surface area contributed by atoms with Gasteiger partial charge >= 0.3 is 0 Å². The first-order chi connectivity index (χ1) is 12.3. The third kappa shape index (κ3) is 2.33. The van der Waals surface area contributed by atoms with Crippen molar-refractivity contribution in [3.05, 3.63) is 42.7 Å². The van der Waals surface area contributed by atoms with Gasteiger partial charge in [0.05, 0.1) is 37.2 Å². The molecule has 0 unspecified atom stereocenters. The smallest absolute Gasteiger partial charge is 0.241 e. The molecule has 5 heterocycles. The molecule has 1 fully saturated rings. The Bertz CT molecular complexity index is 1060. The first-order valence-electron chi connectivity index (χ1n) is 8.33. The maximum Gasteiger partial charge on any atom is 0.241 e. The summed E-state index contributed by atoms with van der Waals surface area (Å²) < 4.78 is 9.03. The average molecular weight is 335 g/mol. The van der Waals surface area contributed by atoms with Crippen molar-refractivity contribution in [3.63, 3.8) is 0 Å². The maximum absolute atomic E-state index is 5.16. The summed E-state index contributed by atoms with van der Waals surface area (Å²) in [6.45, 7) is 3.52. The van der Waals surface area contributed by atoms with E-state index < -0.39 is 0 Å². The molecule has 0 spiro atoms. The second kappa shape index (κ2) is 5.52. The Morgan fingerprint density at radius 2 is 2.08 bits per heavy atom. The second-order valence-corrected chi connectivity index (χ2v) is 6.14. The largest absolute Gasteiger partial charge is 0.377 e. The lowest BCUT2D eigenvalue weighted by atomic mass is 10.1. The molecule has 0 bridgehead atoms. The van der Waals surface area contributed by atoms with Crippen LogP contribution in [0.3, 0.4) is 0 Å². The number of fused-ring (bicyclic) bond motifs is 2. The van der Waals surface area contributed by atoms with Gasteiger partial charge in [-0.2, -0.15) is 0 Å². The van der Waals surface area contributed by atoms with Crippen molar-refractivity contribution in [1.29, 1.82) is 0 Å². The van der Waals surface area contributed by atoms with Crippen molar-refractivity contribution in [2.75, 3.05) is 18.5 Å². The number of aromatic nitrogens is 6. The summed E-state index contributed by atoms with van der Waals surface area (Å²) in [6.07, 6.45) is 10.5. The van der Waals surface area contributed by atoms with Crippen molar-refractivity contribution in [2.24, 2.45) is 0 Å². The molecule has 0 amide bonds. The molecule has 4 aromatic rings. The van der Waals surface area contributed by atoms with Crippen molar-refractivity contribution >= 4 is 17.2 Å². The average Bonchev–Trinajstić information content (AvgIpc) is 3.20. The highest BCUT2D eigenvalue weighted by molar-refractivity contribution is 5.79. The van der Waals surface area contributed by atoms with Crippen LogP contribution < -0.4 is 5.32 Å². The molecular weight excluding hydrogens is 318 g/mol. The van der Waals surface area contributed by atoms with Crippen LogP contribution >= 0.6 is 0 Å². The summed E-state index contributed by atoms with van der Waals surface area (Å²) in [4.78, 5) is 13.2. The fourth-order valence-electron chi connectivity index (χ4n) is 3.03. The molecule has 8 nitrogen and oxygen atoms in total. The number of imidazole rings is 1. The standard InChI is InChI=1S/C17H17N7O/c1-2-13-6-20-17-19-5-11(8-23(13)17)14-3-4-24-15(14)7-18-16(22-24)21-12-9-25-10-12/h3-8,12H,2,9-10H2,1H3,(H,21,22). The fourth-order valence-corrected chi connectivity index (χ4v) is 3.03. The van der Waals surface area contributed by atoms with Gasteiger partial charge < -0.3 is 10.1 Å². The fraction of sp³-hybridized carbons (Fsp3) is 0.294. The van der Waals surface area contributed by atoms with E-state index >= 15 is 0 Å². The van der Waals surface area contributed by atoms with E-state index in [9.17, 15) is 0 Å². The number of anilines is 1. The van der Waals surface area contributed by atoms with Crippen molar-refractivity contribution in [3.8, 4) is 11.1 Å². The van der Waals surface area contributed by atoms with Crippen LogP contribution in [0.1, 0.15) is 12.6 Å². The molecule has 1 N–H and O–H groups in total. The molecular formula is C17H17N7O. The Labute approximate surface area is 143 Å². The summed E-state index contributed by atoms with van der Waals surface area (Å²) in [6, 6.07) is 2.33. The normalized spacial score (nSPS) is 14.9. The summed E-state index contributed by atoms with van der Waals surface area (Å²) in [7, 11) is 0. The summed E-state index contributed by atoms with van der Waals surface area (Å²) in [5.74, 6) is 1.33. The molecule has 5 rings (SSSR count). The Hall–Kier alpha value is -3.00. The molecule has 8 heteroatoms. The van der Waals surface area contributed by atoms with Gasteiger partial charge in [0, 0.05) is 35.4 Å². The van der Waals surface area contributed by atoms with Crippen molar-refractivity contribution in [2.45, 2.75) is 19.4 Å². The zero-order valence-corrected chi connectivity index (χ0v) is 13.8. The first kappa shape index (κ1) is 14.4. The number of ether oxygens (including phenoxy) is 1. The Kier molecular flexibility index (Phi) is 3.17. The van der Waals surface area contributed by atoms with Crippen LogP contribution in [0.25, 0.3) is 22.4 Å². The lowest BCUT2D eigenvalue weighted by Crippen LogP contribution is -2.40. The number of hydrogen-bond donors (Lipinski definition) is 1. The van der Waals surface area contributed by atoms with E-state index in [4.69, 9.17) is 4.74 Å². The highest BCUT2D eigenvalue weighted by Gasteiger charge is 2.19. The monoisotopic (exact) mass is 335 g/mol. The Morgan fingerprint density at radius 1 is 1.20 bits per heavy atom. The van der Waals surface area contributed by atoms with Gasteiger partial charge in [-0.05, 0) is 12.5 Å². The van der Waals surface area contributed by atoms with E-state index in [0.717, 1.165) is 34.5 Å². The quantitative estimate of drug-likeness (QED) is 0.612. The first-order valence-corrected chi connectivity index (χ1v) is 8.33. The summed E-state index contributed by atoms with van der Waals surface area (Å²) in [5, 5.41) is 7.79. The maximum atomic E-state index is 5.16. The van der Waals surface area contributed by atoms with Gasteiger partial charge in [0.15, 0.2) is 0 Å². The highest BCUT2D eigenvalue weighted by Crippen LogP contribution is 2.25. The SMILES string of the molecule is CCc1cnc2ncc(-c3ccn4nc(NC5COC5)ncc34)cn12. The van der Waals surface area contributed by atoms with Crippen LogP contribution in [0.5, 0.6) is 0 Å². The van der Waals surface area contributed by atoms with Crippen molar-refractivity contribution < 1.29 is 4.74 Å². The van der Waals surface area contributed by atoms with Gasteiger partial charge in [0.2, 0.25) is 11.7 Å². The van der Waals surface area contributed by atoms with E-state index in [1.54, 1.807) is 0 Å². The van der Waals surface area contributed by atoms with E-state index in [1.807, 2.05) is 39.8 Å². The van der Waals surface area contributed by atoms with E-state index in [2.05, 4.69) is 38.5 Å². The predicted molar refractivity (Wildman–Crippen MR) is 92.6 cm³/mol. The van der Waals surface area contributed by atoms with Crippen LogP contribution in [-0.4, -0.2) is 48.2 Å². The van der Waals surface area contributed by atoms with Gasteiger partial charge in [-0.1, -0.05) is 6.92 Å². The van der Waals surface area contributed by atoms with Gasteiger partial charge in [0.25, 0.3) is 0 Å². The summed E-state index contributed by atoms with van der Waals surface area (Å²) >= 11 is 0. The zero-order valence-electron chi connectivity index (χ0n) is 13.8. The molecule has 0 atom stereocenters. The molecule has 1 saturated heterocycles. The van der Waals surface area contributed by atoms with Crippen molar-refractivity contribution in [1.82, 2.24) is 29.0 Å². The third-order valence-corrected chi connectivity index (χ3v) is 4.50. The van der Waals surface area contributed by atoms with E-state index in [1.165, 1.54) is 0 Å². The molecule has 0 radical (unpaired) electrons. The second-order valence-electron chi connectivity index (χ2n) is 6.14. The molecule has 1 aliphatic heterocycles. The van der Waals surface area contributed by atoms with Gasteiger partial charge in [-0.3, -0.25) is 4.40 Å². The zero-order chi connectivity index (χ0) is 16.8. The van der Waals surface area contributed by atoms with Gasteiger partial charge in [-0.15, -0.1) is 5.10 Å². The number of aryl methyl sites for hydroxylation is 1. The number of nitrogens with zero attached hydrogens (tertiary/aromatic N) is 6. The highest BCUT2D eigenvalue weighted by atomic mass is 16.5. The Morgan fingerprint density at radius 3 is 2.88 bits per heavy atom. The lowest BCUT2D eigenvalue weighted by molar-refractivity contribution is 0.0207. The molecule has 4 aromatic heterocycles. The minimum atomic E-state index is 0.299. The molecule has 0 aromatic carbocycles. The molecule has 25 heavy (non-hydrogen) atoms. The minimum absolute atomic E-state index is 0.299. The summed E-state index contributed by atoms with van der Waals surface area (Å²) in [5.41, 5.74) is 4.14. The minimum Gasteiger partial charge on any atom is -0.377 e. The van der Waals surface area contributed by atoms with Crippen LogP contribution in [0, 0.1) is 0 Å². The number of hydrogen-bond acceptors (Lipinski definition) is 6. The topological polar surface area (TPSA) is 81.6 Å². The van der Waals surface area contributed by atoms with Gasteiger partial charge in [-0.25, -0.2) is 19.5 Å². The number of rotatable bonds is 4. The van der Waals surface area contributed by atoms with E-state index in [-0.39, 0.29) is 0 Å². The third-order valence-electron chi connectivity index (χ3n) is 4.50. The van der Waals surface area contributed by atoms with Crippen LogP contribution in [-0.2, 0) is 11.2 Å². The van der Waals surface area contributed by atoms with Crippen LogP contribution in [0.2, 0.25) is 0 Å². The molecule has 1 aliphatic rings. The molecule has 126 valence electrons. The number of nitrogens with one attached hydrogen (secondary N) is 1. The lowest BCUT2D eigenvalue weighted by Gasteiger charge is -2.26. The molecule has 0 saturated carbocycles. The van der Waals surface area contributed by atoms with Crippen LogP contribution in [0.4, 0.5) is 5.95 Å².